The molecular formula is C32H32N4. The summed E-state index contributed by atoms with van der Waals surface area (Å²) in [6.45, 7) is 13.6. The van der Waals surface area contributed by atoms with Crippen molar-refractivity contribution in [2.75, 3.05) is 9.80 Å². The van der Waals surface area contributed by atoms with Crippen LogP contribution in [0.4, 0.5) is 23.0 Å². The van der Waals surface area contributed by atoms with Gasteiger partial charge in [0, 0.05) is 34.6 Å². The van der Waals surface area contributed by atoms with Crippen LogP contribution in [0, 0.1) is 5.41 Å². The quantitative estimate of drug-likeness (QED) is 0.284. The first-order chi connectivity index (χ1) is 17.4. The maximum atomic E-state index is 4.89. The third kappa shape index (κ3) is 2.94. The number of para-hydroxylation sites is 1. The van der Waals surface area contributed by atoms with Gasteiger partial charge in [0.15, 0.2) is 11.6 Å². The van der Waals surface area contributed by atoms with Crippen LogP contribution in [0.25, 0.3) is 11.1 Å². The summed E-state index contributed by atoms with van der Waals surface area (Å²) >= 11 is 0. The summed E-state index contributed by atoms with van der Waals surface area (Å²) in [7, 11) is 0. The van der Waals surface area contributed by atoms with E-state index in [1.165, 1.54) is 27.9 Å². The second kappa shape index (κ2) is 8.06. The second-order valence-corrected chi connectivity index (χ2v) is 10.5. The average Bonchev–Trinajstić information content (AvgIpc) is 3.28. The lowest BCUT2D eigenvalue weighted by Gasteiger charge is -2.56. The lowest BCUT2D eigenvalue weighted by molar-refractivity contribution is 0.171. The zero-order valence-corrected chi connectivity index (χ0v) is 21.4. The number of nitrogens with zero attached hydrogens (tertiary/aromatic N) is 4. The van der Waals surface area contributed by atoms with Gasteiger partial charge in [-0.3, -0.25) is 0 Å². The van der Waals surface area contributed by atoms with Crippen LogP contribution in [0.2, 0.25) is 0 Å². The van der Waals surface area contributed by atoms with Crippen LogP contribution in [0.15, 0.2) is 97.8 Å². The van der Waals surface area contributed by atoms with Gasteiger partial charge in [0.25, 0.3) is 0 Å². The fraction of sp³-hybridized carbons (Fsp3) is 0.250. The Kier molecular flexibility index (Phi) is 5.04. The number of benzene rings is 3. The Morgan fingerprint density at radius 2 is 1.53 bits per heavy atom. The molecule has 0 fully saturated rings. The molecule has 180 valence electrons. The summed E-state index contributed by atoms with van der Waals surface area (Å²) in [5.41, 5.74) is 6.91. The van der Waals surface area contributed by atoms with Gasteiger partial charge < -0.3 is 9.80 Å². The first-order valence-electron chi connectivity index (χ1n) is 12.7. The lowest BCUT2D eigenvalue weighted by Crippen LogP contribution is -2.60. The second-order valence-electron chi connectivity index (χ2n) is 10.5. The Labute approximate surface area is 214 Å². The van der Waals surface area contributed by atoms with Crippen molar-refractivity contribution in [3.8, 4) is 11.1 Å². The smallest absolute Gasteiger partial charge is 0.178 e. The molecule has 36 heavy (non-hydrogen) atoms. The first kappa shape index (κ1) is 22.5. The highest BCUT2D eigenvalue weighted by molar-refractivity contribution is 5.88. The molecular weight excluding hydrogens is 440 g/mol. The van der Waals surface area contributed by atoms with Crippen molar-refractivity contribution in [2.24, 2.45) is 5.41 Å². The van der Waals surface area contributed by atoms with Crippen molar-refractivity contribution in [1.29, 1.82) is 0 Å². The van der Waals surface area contributed by atoms with E-state index in [0.29, 0.717) is 0 Å². The summed E-state index contributed by atoms with van der Waals surface area (Å²) in [4.78, 5) is 14.5. The highest BCUT2D eigenvalue weighted by atomic mass is 15.5. The molecule has 2 atom stereocenters. The predicted molar refractivity (Wildman–Crippen MR) is 149 cm³/mol. The first-order valence-corrected chi connectivity index (χ1v) is 12.7. The molecule has 0 saturated heterocycles. The molecule has 0 spiro atoms. The predicted octanol–water partition coefficient (Wildman–Crippen LogP) is 7.81. The Hall–Kier alpha value is -3.92. The molecule has 0 bridgehead atoms. The number of fused-ring (bicyclic) bond motifs is 5. The van der Waals surface area contributed by atoms with Gasteiger partial charge in [0.2, 0.25) is 0 Å². The minimum Gasteiger partial charge on any atom is -0.301 e. The molecule has 6 rings (SSSR count). The number of anilines is 4. The third-order valence-corrected chi connectivity index (χ3v) is 8.56. The maximum absolute atomic E-state index is 4.89. The molecule has 3 heterocycles. The van der Waals surface area contributed by atoms with Crippen LogP contribution < -0.4 is 9.80 Å². The number of aromatic nitrogens is 2. The lowest BCUT2D eigenvalue weighted by atomic mass is 9.58. The van der Waals surface area contributed by atoms with E-state index in [2.05, 4.69) is 123 Å². The topological polar surface area (TPSA) is 32.3 Å². The molecule has 1 aromatic heterocycles. The molecule has 2 aliphatic rings. The molecule has 4 nitrogen and oxygen atoms in total. The number of allylic oxidation sites excluding steroid dienone is 1. The van der Waals surface area contributed by atoms with E-state index in [0.717, 1.165) is 23.7 Å². The standard InChI is InChI=1S/C32H32N4/c1-6-22-13-11-12-16-25(22)23-17-18-26-27(21-23)36-29-28(33-19-20-34-29)35(24-14-9-8-10-15-24)30(36)31(3,4)32(26,5)7-2/h7-21,30H,2,6H2,1,3-5H3. The van der Waals surface area contributed by atoms with Crippen LogP contribution in [-0.2, 0) is 11.8 Å². The van der Waals surface area contributed by atoms with E-state index in [4.69, 9.17) is 9.97 Å². The highest BCUT2D eigenvalue weighted by Gasteiger charge is 2.59. The Bertz CT molecular complexity index is 1460. The minimum absolute atomic E-state index is 0.0236. The fourth-order valence-corrected chi connectivity index (χ4v) is 6.19. The molecule has 0 radical (unpaired) electrons. The molecule has 4 heteroatoms. The Balaban J connectivity index is 1.65. The summed E-state index contributed by atoms with van der Waals surface area (Å²) in [5.74, 6) is 1.79. The van der Waals surface area contributed by atoms with Gasteiger partial charge in [0.1, 0.15) is 6.17 Å². The Morgan fingerprint density at radius 3 is 2.22 bits per heavy atom. The maximum Gasteiger partial charge on any atom is 0.178 e. The molecule has 0 amide bonds. The van der Waals surface area contributed by atoms with Gasteiger partial charge >= 0.3 is 0 Å². The summed E-state index contributed by atoms with van der Waals surface area (Å²) in [5, 5.41) is 0. The van der Waals surface area contributed by atoms with Gasteiger partial charge in [-0.2, -0.15) is 0 Å². The monoisotopic (exact) mass is 472 g/mol. The van der Waals surface area contributed by atoms with E-state index in [-0.39, 0.29) is 17.0 Å². The number of rotatable bonds is 4. The highest BCUT2D eigenvalue weighted by Crippen LogP contribution is 2.62. The third-order valence-electron chi connectivity index (χ3n) is 8.56. The number of aryl methyl sites for hydroxylation is 1. The molecule has 0 N–H and O–H groups in total. The molecule has 3 aromatic carbocycles. The SMILES string of the molecule is C=CC1(C)c2ccc(-c3ccccc3CC)cc2N2c3nccnc3N(c3ccccc3)C2C1(C)C. The van der Waals surface area contributed by atoms with Crippen molar-refractivity contribution in [3.63, 3.8) is 0 Å². The van der Waals surface area contributed by atoms with E-state index in [1.54, 1.807) is 12.4 Å². The van der Waals surface area contributed by atoms with Crippen LogP contribution in [0.5, 0.6) is 0 Å². The summed E-state index contributed by atoms with van der Waals surface area (Å²) in [6.07, 6.45) is 6.70. The van der Waals surface area contributed by atoms with Crippen molar-refractivity contribution in [1.82, 2.24) is 9.97 Å². The van der Waals surface area contributed by atoms with E-state index in [9.17, 15) is 0 Å². The van der Waals surface area contributed by atoms with Crippen molar-refractivity contribution < 1.29 is 0 Å². The zero-order chi connectivity index (χ0) is 25.1. The molecule has 2 aliphatic heterocycles. The van der Waals surface area contributed by atoms with Gasteiger partial charge in [-0.05, 0) is 46.9 Å². The number of hydrogen-bond donors (Lipinski definition) is 0. The van der Waals surface area contributed by atoms with Crippen LogP contribution >= 0.6 is 0 Å². The Morgan fingerprint density at radius 1 is 0.861 bits per heavy atom. The van der Waals surface area contributed by atoms with E-state index >= 15 is 0 Å². The molecule has 2 unspecified atom stereocenters. The van der Waals surface area contributed by atoms with Crippen LogP contribution in [0.3, 0.4) is 0 Å². The molecule has 4 aromatic rings. The largest absolute Gasteiger partial charge is 0.301 e. The summed E-state index contributed by atoms with van der Waals surface area (Å²) in [6, 6.07) is 26.2. The van der Waals surface area contributed by atoms with Crippen LogP contribution in [0.1, 0.15) is 38.8 Å². The van der Waals surface area contributed by atoms with E-state index in [1.807, 2.05) is 0 Å². The van der Waals surface area contributed by atoms with Gasteiger partial charge in [-0.1, -0.05) is 88.4 Å². The number of hydrogen-bond acceptors (Lipinski definition) is 4. The average molecular weight is 473 g/mol. The fourth-order valence-electron chi connectivity index (χ4n) is 6.19. The van der Waals surface area contributed by atoms with Crippen molar-refractivity contribution in [2.45, 2.75) is 45.7 Å². The summed E-state index contributed by atoms with van der Waals surface area (Å²) < 4.78 is 0. The molecule has 0 saturated carbocycles. The van der Waals surface area contributed by atoms with Crippen LogP contribution in [-0.4, -0.2) is 16.1 Å². The van der Waals surface area contributed by atoms with Gasteiger partial charge in [-0.25, -0.2) is 9.97 Å². The zero-order valence-electron chi connectivity index (χ0n) is 21.4. The van der Waals surface area contributed by atoms with Gasteiger partial charge in [0.05, 0.1) is 0 Å². The van der Waals surface area contributed by atoms with Crippen molar-refractivity contribution in [3.05, 3.63) is 109 Å². The van der Waals surface area contributed by atoms with E-state index < -0.39 is 0 Å². The van der Waals surface area contributed by atoms with Crippen molar-refractivity contribution >= 4 is 23.0 Å². The van der Waals surface area contributed by atoms with Gasteiger partial charge in [-0.15, -0.1) is 6.58 Å². The normalized spacial score (nSPS) is 21.5. The minimum atomic E-state index is -0.276. The molecule has 0 aliphatic carbocycles.